The van der Waals surface area contributed by atoms with E-state index < -0.39 is 23.7 Å². The lowest BCUT2D eigenvalue weighted by atomic mass is 10.0. The summed E-state index contributed by atoms with van der Waals surface area (Å²) in [4.78, 5) is 4.29. The zero-order chi connectivity index (χ0) is 25.5. The van der Waals surface area contributed by atoms with Crippen molar-refractivity contribution in [2.75, 3.05) is 6.54 Å². The van der Waals surface area contributed by atoms with Gasteiger partial charge < -0.3 is 4.74 Å². The van der Waals surface area contributed by atoms with Crippen LogP contribution in [0, 0.1) is 0 Å². The van der Waals surface area contributed by atoms with E-state index in [-0.39, 0.29) is 29.0 Å². The number of alkyl halides is 6. The number of hydrogen-bond acceptors (Lipinski definition) is 5. The standard InChI is InChI=1S/C23H18F6N6O/c24-22(25,26)19-10-16(32-34-19)14-8-12(9-15(31-14)17-11-20(35-33-17)23(27,28)29)13-4-1-2-5-18(13)36-21-6-3-7-30-21/h1-2,4-5,8-11,21,30H,3,6-7H2,(H,32,34)(H,33,35). The molecule has 1 unspecified atom stereocenters. The summed E-state index contributed by atoms with van der Waals surface area (Å²) in [7, 11) is 0. The maximum Gasteiger partial charge on any atom is 0.435 e. The third-order valence-corrected chi connectivity index (χ3v) is 5.60. The van der Waals surface area contributed by atoms with Gasteiger partial charge in [0.05, 0.1) is 22.8 Å². The van der Waals surface area contributed by atoms with Gasteiger partial charge in [0.25, 0.3) is 0 Å². The van der Waals surface area contributed by atoms with Crippen LogP contribution < -0.4 is 10.1 Å². The predicted octanol–water partition coefficient (Wildman–Crippen LogP) is 5.65. The van der Waals surface area contributed by atoms with Gasteiger partial charge in [-0.2, -0.15) is 36.5 Å². The minimum atomic E-state index is -4.69. The van der Waals surface area contributed by atoms with Crippen LogP contribution in [0.25, 0.3) is 33.9 Å². The molecule has 4 aromatic rings. The van der Waals surface area contributed by atoms with E-state index >= 15 is 0 Å². The molecule has 0 aliphatic carbocycles. The largest absolute Gasteiger partial charge is 0.475 e. The van der Waals surface area contributed by atoms with E-state index in [9.17, 15) is 26.3 Å². The summed E-state index contributed by atoms with van der Waals surface area (Å²) in [6.07, 6.45) is -7.84. The lowest BCUT2D eigenvalue weighted by Gasteiger charge is -2.17. The molecule has 0 radical (unpaired) electrons. The van der Waals surface area contributed by atoms with Crippen LogP contribution in [0.1, 0.15) is 24.2 Å². The molecule has 1 saturated heterocycles. The zero-order valence-electron chi connectivity index (χ0n) is 18.3. The fourth-order valence-corrected chi connectivity index (χ4v) is 3.87. The van der Waals surface area contributed by atoms with Gasteiger partial charge in [-0.05, 0) is 55.3 Å². The summed E-state index contributed by atoms with van der Waals surface area (Å²) in [5, 5.41) is 14.4. The number of halogens is 6. The molecule has 0 bridgehead atoms. The maximum atomic E-state index is 13.1. The quantitative estimate of drug-likeness (QED) is 0.303. The van der Waals surface area contributed by atoms with Crippen LogP contribution in [-0.2, 0) is 12.4 Å². The molecule has 0 spiro atoms. The smallest absolute Gasteiger partial charge is 0.435 e. The molecule has 4 heterocycles. The van der Waals surface area contributed by atoms with Crippen molar-refractivity contribution < 1.29 is 31.1 Å². The van der Waals surface area contributed by atoms with Crippen molar-refractivity contribution in [1.82, 2.24) is 30.7 Å². The number of pyridine rings is 1. The first-order chi connectivity index (χ1) is 17.1. The molecule has 1 aromatic carbocycles. The number of nitrogens with one attached hydrogen (secondary N) is 3. The van der Waals surface area contributed by atoms with Crippen LogP contribution in [0.4, 0.5) is 26.3 Å². The number of para-hydroxylation sites is 1. The summed E-state index contributed by atoms with van der Waals surface area (Å²) in [6, 6.07) is 11.6. The summed E-state index contributed by atoms with van der Waals surface area (Å²) in [6.45, 7) is 0.805. The van der Waals surface area contributed by atoms with Crippen molar-refractivity contribution >= 4 is 0 Å². The summed E-state index contributed by atoms with van der Waals surface area (Å²) < 4.78 is 84.8. The molecule has 13 heteroatoms. The highest BCUT2D eigenvalue weighted by atomic mass is 19.4. The topological polar surface area (TPSA) is 91.5 Å². The van der Waals surface area contributed by atoms with Gasteiger partial charge in [0.2, 0.25) is 0 Å². The zero-order valence-corrected chi connectivity index (χ0v) is 18.3. The lowest BCUT2D eigenvalue weighted by Crippen LogP contribution is -2.27. The minimum Gasteiger partial charge on any atom is -0.475 e. The lowest BCUT2D eigenvalue weighted by molar-refractivity contribution is -0.142. The number of nitrogens with zero attached hydrogens (tertiary/aromatic N) is 3. The molecule has 1 aliphatic rings. The first kappa shape index (κ1) is 23.9. The van der Waals surface area contributed by atoms with Gasteiger partial charge in [-0.25, -0.2) is 4.98 Å². The van der Waals surface area contributed by atoms with Crippen LogP contribution in [0.3, 0.4) is 0 Å². The molecule has 188 valence electrons. The van der Waals surface area contributed by atoms with Gasteiger partial charge in [0.15, 0.2) is 11.4 Å². The molecule has 3 aromatic heterocycles. The Bertz CT molecular complexity index is 1300. The summed E-state index contributed by atoms with van der Waals surface area (Å²) in [5.41, 5.74) is -1.28. The molecule has 36 heavy (non-hydrogen) atoms. The van der Waals surface area contributed by atoms with E-state index in [0.29, 0.717) is 16.9 Å². The highest BCUT2D eigenvalue weighted by Gasteiger charge is 2.35. The van der Waals surface area contributed by atoms with Crippen molar-refractivity contribution in [3.05, 3.63) is 59.9 Å². The Labute approximate surface area is 199 Å². The number of aromatic amines is 2. The van der Waals surface area contributed by atoms with Gasteiger partial charge in [0, 0.05) is 5.56 Å². The Morgan fingerprint density at radius 2 is 1.39 bits per heavy atom. The van der Waals surface area contributed by atoms with E-state index in [1.165, 1.54) is 12.1 Å². The first-order valence-corrected chi connectivity index (χ1v) is 10.9. The van der Waals surface area contributed by atoms with Gasteiger partial charge >= 0.3 is 12.4 Å². The van der Waals surface area contributed by atoms with E-state index in [0.717, 1.165) is 31.5 Å². The van der Waals surface area contributed by atoms with Crippen LogP contribution in [0.2, 0.25) is 0 Å². The summed E-state index contributed by atoms with van der Waals surface area (Å²) >= 11 is 0. The molecule has 3 N–H and O–H groups in total. The Hall–Kier alpha value is -3.87. The van der Waals surface area contributed by atoms with Crippen molar-refractivity contribution in [2.45, 2.75) is 31.4 Å². The summed E-state index contributed by atoms with van der Waals surface area (Å²) in [5.74, 6) is 0.501. The highest BCUT2D eigenvalue weighted by molar-refractivity contribution is 5.78. The molecule has 0 saturated carbocycles. The number of hydrogen-bond donors (Lipinski definition) is 3. The van der Waals surface area contributed by atoms with E-state index in [1.54, 1.807) is 24.3 Å². The average Bonchev–Trinajstić information content (AvgIpc) is 3.60. The Morgan fingerprint density at radius 3 is 1.89 bits per heavy atom. The number of ether oxygens (including phenoxy) is 1. The van der Waals surface area contributed by atoms with Crippen LogP contribution in [0.5, 0.6) is 5.75 Å². The van der Waals surface area contributed by atoms with Gasteiger partial charge in [0.1, 0.15) is 12.0 Å². The maximum absolute atomic E-state index is 13.1. The Morgan fingerprint density at radius 1 is 0.806 bits per heavy atom. The fraction of sp³-hybridized carbons (Fsp3) is 0.261. The van der Waals surface area contributed by atoms with Crippen LogP contribution in [-0.4, -0.2) is 38.2 Å². The fourth-order valence-electron chi connectivity index (χ4n) is 3.87. The number of benzene rings is 1. The molecular formula is C23H18F6N6O. The van der Waals surface area contributed by atoms with Gasteiger partial charge in [-0.15, -0.1) is 0 Å². The predicted molar refractivity (Wildman–Crippen MR) is 116 cm³/mol. The highest BCUT2D eigenvalue weighted by Crippen LogP contribution is 2.37. The van der Waals surface area contributed by atoms with E-state index in [1.807, 2.05) is 0 Å². The third kappa shape index (κ3) is 4.91. The number of rotatable bonds is 5. The minimum absolute atomic E-state index is 0.0439. The molecule has 1 atom stereocenters. The van der Waals surface area contributed by atoms with Crippen molar-refractivity contribution in [1.29, 1.82) is 0 Å². The van der Waals surface area contributed by atoms with Crippen LogP contribution >= 0.6 is 0 Å². The van der Waals surface area contributed by atoms with Crippen LogP contribution in [0.15, 0.2) is 48.5 Å². The second-order valence-corrected chi connectivity index (χ2v) is 8.15. The van der Waals surface area contributed by atoms with Gasteiger partial charge in [-0.1, -0.05) is 18.2 Å². The van der Waals surface area contributed by atoms with E-state index in [4.69, 9.17) is 4.74 Å². The SMILES string of the molecule is FC(F)(F)c1cc(-c2cc(-c3ccccc3OC3CCCN3)cc(-c3cc(C(F)(F)F)n[nH]3)n2)[nH]n1. The second kappa shape index (κ2) is 8.97. The van der Waals surface area contributed by atoms with Gasteiger partial charge in [-0.3, -0.25) is 15.5 Å². The number of H-pyrrole nitrogens is 2. The average molecular weight is 508 g/mol. The second-order valence-electron chi connectivity index (χ2n) is 8.15. The molecule has 1 fully saturated rings. The molecular weight excluding hydrogens is 490 g/mol. The molecule has 1 aliphatic heterocycles. The van der Waals surface area contributed by atoms with E-state index in [2.05, 4.69) is 30.7 Å². The molecule has 0 amide bonds. The Kier molecular flexibility index (Phi) is 5.94. The monoisotopic (exact) mass is 508 g/mol. The first-order valence-electron chi connectivity index (χ1n) is 10.9. The number of aromatic nitrogens is 5. The van der Waals surface area contributed by atoms with Crippen molar-refractivity contribution in [3.63, 3.8) is 0 Å². The Balaban J connectivity index is 1.63. The molecule has 5 rings (SSSR count). The van der Waals surface area contributed by atoms with Crippen molar-refractivity contribution in [2.24, 2.45) is 0 Å². The normalized spacial score (nSPS) is 16.4. The molecule has 7 nitrogen and oxygen atoms in total. The third-order valence-electron chi connectivity index (χ3n) is 5.60. The van der Waals surface area contributed by atoms with Crippen molar-refractivity contribution in [3.8, 4) is 39.7 Å².